The van der Waals surface area contributed by atoms with Gasteiger partial charge in [0, 0.05) is 10.4 Å². The van der Waals surface area contributed by atoms with Crippen molar-refractivity contribution in [2.75, 3.05) is 16.8 Å². The Morgan fingerprint density at radius 1 is 1.08 bits per heavy atom. The molecule has 0 atom stereocenters. The van der Waals surface area contributed by atoms with Gasteiger partial charge in [0.05, 0.1) is 17.1 Å². The molecule has 4 nitrogen and oxygen atoms in total. The highest BCUT2D eigenvalue weighted by atomic mass is 32.2. The van der Waals surface area contributed by atoms with Gasteiger partial charge < -0.3 is 5.32 Å². The number of rotatable bonds is 7. The number of anilines is 1. The Kier molecular flexibility index (Phi) is 6.27. The predicted molar refractivity (Wildman–Crippen MR) is 107 cm³/mol. The van der Waals surface area contributed by atoms with Crippen LogP contribution in [-0.4, -0.2) is 29.0 Å². The van der Waals surface area contributed by atoms with Crippen molar-refractivity contribution in [1.29, 1.82) is 0 Å². The lowest BCUT2D eigenvalue weighted by Gasteiger charge is -2.12. The molecule has 1 heterocycles. The minimum Gasteiger partial charge on any atom is -0.316 e. The van der Waals surface area contributed by atoms with Crippen LogP contribution >= 0.6 is 23.1 Å². The van der Waals surface area contributed by atoms with Crippen LogP contribution in [0.25, 0.3) is 0 Å². The molecule has 0 aliphatic heterocycles. The number of thiophene rings is 1. The molecular weight excluding hydrogens is 366 g/mol. The number of benzene rings is 1. The van der Waals surface area contributed by atoms with Gasteiger partial charge in [-0.2, -0.15) is 0 Å². The Balaban J connectivity index is 1.85. The summed E-state index contributed by atoms with van der Waals surface area (Å²) in [5.74, 6) is 0.383. The molecule has 1 aliphatic carbocycles. The summed E-state index contributed by atoms with van der Waals surface area (Å²) in [6.45, 7) is 1.51. The topological polar surface area (TPSA) is 63.2 Å². The minimum atomic E-state index is -0.169. The average Bonchev–Trinajstić information content (AvgIpc) is 2.99. The van der Waals surface area contributed by atoms with Crippen LogP contribution in [0.2, 0.25) is 0 Å². The Morgan fingerprint density at radius 2 is 1.81 bits per heavy atom. The van der Waals surface area contributed by atoms with Crippen molar-refractivity contribution in [3.8, 4) is 0 Å². The first-order valence-electron chi connectivity index (χ1n) is 8.67. The third kappa shape index (κ3) is 4.43. The number of carbonyl (C=O) groups is 3. The molecule has 0 saturated heterocycles. The van der Waals surface area contributed by atoms with Gasteiger partial charge in [-0.1, -0.05) is 30.3 Å². The molecule has 0 spiro atoms. The number of aryl methyl sites for hydroxylation is 1. The van der Waals surface area contributed by atoms with Gasteiger partial charge in [0.15, 0.2) is 5.78 Å². The molecule has 0 radical (unpaired) electrons. The fourth-order valence-corrected chi connectivity index (χ4v) is 5.03. The second-order valence-corrected chi connectivity index (χ2v) is 8.44. The van der Waals surface area contributed by atoms with Crippen LogP contribution < -0.4 is 5.32 Å². The lowest BCUT2D eigenvalue weighted by atomic mass is 9.92. The second-order valence-electron chi connectivity index (χ2n) is 6.35. The molecule has 1 N–H and O–H groups in total. The number of ketones is 2. The first kappa shape index (κ1) is 18.9. The van der Waals surface area contributed by atoms with Crippen LogP contribution in [-0.2, 0) is 22.4 Å². The second kappa shape index (κ2) is 8.64. The standard InChI is InChI=1S/C20H21NO3S2/c1-13(22)11-25-12-17(23)21-20-18(15-9-5-6-10-16(15)26-20)19(24)14-7-3-2-4-8-14/h2-4,7-8H,5-6,9-12H2,1H3,(H,21,23). The van der Waals surface area contributed by atoms with Crippen LogP contribution in [0, 0.1) is 0 Å². The zero-order chi connectivity index (χ0) is 18.5. The zero-order valence-electron chi connectivity index (χ0n) is 14.7. The molecule has 0 bridgehead atoms. The summed E-state index contributed by atoms with van der Waals surface area (Å²) in [5.41, 5.74) is 2.39. The third-order valence-electron chi connectivity index (χ3n) is 4.23. The minimum absolute atomic E-state index is 0.0308. The number of carbonyl (C=O) groups excluding carboxylic acids is 3. The van der Waals surface area contributed by atoms with E-state index in [9.17, 15) is 14.4 Å². The van der Waals surface area contributed by atoms with Gasteiger partial charge >= 0.3 is 0 Å². The van der Waals surface area contributed by atoms with Gasteiger partial charge in [-0.05, 0) is 38.2 Å². The molecule has 3 rings (SSSR count). The maximum atomic E-state index is 13.1. The van der Waals surface area contributed by atoms with Crippen molar-refractivity contribution in [3.05, 3.63) is 51.9 Å². The first-order valence-corrected chi connectivity index (χ1v) is 10.6. The maximum absolute atomic E-state index is 13.1. The van der Waals surface area contributed by atoms with Crippen molar-refractivity contribution in [2.24, 2.45) is 0 Å². The van der Waals surface area contributed by atoms with Crippen molar-refractivity contribution in [3.63, 3.8) is 0 Å². The van der Waals surface area contributed by atoms with E-state index in [0.717, 1.165) is 31.2 Å². The van der Waals surface area contributed by atoms with Crippen molar-refractivity contribution in [2.45, 2.75) is 32.6 Å². The van der Waals surface area contributed by atoms with E-state index >= 15 is 0 Å². The van der Waals surface area contributed by atoms with E-state index in [4.69, 9.17) is 0 Å². The van der Waals surface area contributed by atoms with Gasteiger partial charge in [0.2, 0.25) is 5.91 Å². The SMILES string of the molecule is CC(=O)CSCC(=O)Nc1sc2c(c1C(=O)c1ccccc1)CCCC2. The van der Waals surface area contributed by atoms with E-state index in [1.165, 1.54) is 34.9 Å². The van der Waals surface area contributed by atoms with E-state index in [1.807, 2.05) is 30.3 Å². The number of hydrogen-bond acceptors (Lipinski definition) is 5. The molecule has 1 aromatic carbocycles. The van der Waals surface area contributed by atoms with E-state index < -0.39 is 0 Å². The number of hydrogen-bond donors (Lipinski definition) is 1. The first-order chi connectivity index (χ1) is 12.6. The van der Waals surface area contributed by atoms with Gasteiger partial charge in [0.1, 0.15) is 10.8 Å². The number of nitrogens with one attached hydrogen (secondary N) is 1. The molecule has 0 saturated carbocycles. The molecule has 1 aliphatic rings. The Labute approximate surface area is 161 Å². The van der Waals surface area contributed by atoms with Crippen LogP contribution in [0.3, 0.4) is 0 Å². The lowest BCUT2D eigenvalue weighted by molar-refractivity contribution is -0.114. The third-order valence-corrected chi connectivity index (χ3v) is 6.51. The molecule has 0 unspecified atom stereocenters. The molecular formula is C20H21NO3S2. The van der Waals surface area contributed by atoms with Gasteiger partial charge in [-0.3, -0.25) is 14.4 Å². The number of fused-ring (bicyclic) bond motifs is 1. The fourth-order valence-electron chi connectivity index (χ4n) is 3.08. The number of amides is 1. The summed E-state index contributed by atoms with van der Waals surface area (Å²) in [7, 11) is 0. The van der Waals surface area contributed by atoms with Crippen LogP contribution in [0.1, 0.15) is 46.1 Å². The van der Waals surface area contributed by atoms with E-state index in [-0.39, 0.29) is 23.2 Å². The summed E-state index contributed by atoms with van der Waals surface area (Å²) in [6, 6.07) is 9.20. The van der Waals surface area contributed by atoms with Crippen LogP contribution in [0.4, 0.5) is 5.00 Å². The Bertz CT molecular complexity index is 827. The molecule has 1 amide bonds. The Hall–Kier alpha value is -1.92. The average molecular weight is 388 g/mol. The zero-order valence-corrected chi connectivity index (χ0v) is 16.3. The Morgan fingerprint density at radius 3 is 2.54 bits per heavy atom. The largest absolute Gasteiger partial charge is 0.316 e. The van der Waals surface area contributed by atoms with Crippen molar-refractivity contribution >= 4 is 45.6 Å². The summed E-state index contributed by atoms with van der Waals surface area (Å²) < 4.78 is 0. The fraction of sp³-hybridized carbons (Fsp3) is 0.350. The highest BCUT2D eigenvalue weighted by Crippen LogP contribution is 2.39. The molecule has 136 valence electrons. The molecule has 2 aromatic rings. The summed E-state index contributed by atoms with van der Waals surface area (Å²) >= 11 is 2.82. The molecule has 6 heteroatoms. The van der Waals surface area contributed by atoms with Gasteiger partial charge in [-0.25, -0.2) is 0 Å². The van der Waals surface area contributed by atoms with Crippen LogP contribution in [0.5, 0.6) is 0 Å². The van der Waals surface area contributed by atoms with Crippen LogP contribution in [0.15, 0.2) is 30.3 Å². The lowest BCUT2D eigenvalue weighted by Crippen LogP contribution is -2.17. The highest BCUT2D eigenvalue weighted by Gasteiger charge is 2.26. The number of Topliss-reactive ketones (excluding diaryl/α,β-unsaturated/α-hetero) is 1. The predicted octanol–water partition coefficient (Wildman–Crippen LogP) is 4.12. The van der Waals surface area contributed by atoms with Crippen molar-refractivity contribution < 1.29 is 14.4 Å². The van der Waals surface area contributed by atoms with Gasteiger partial charge in [0.25, 0.3) is 0 Å². The molecule has 1 aromatic heterocycles. The summed E-state index contributed by atoms with van der Waals surface area (Å²) in [4.78, 5) is 37.6. The van der Waals surface area contributed by atoms with Gasteiger partial charge in [-0.15, -0.1) is 23.1 Å². The monoisotopic (exact) mass is 387 g/mol. The number of thioether (sulfide) groups is 1. The quantitative estimate of drug-likeness (QED) is 0.726. The van der Waals surface area contributed by atoms with Crippen molar-refractivity contribution in [1.82, 2.24) is 0 Å². The summed E-state index contributed by atoms with van der Waals surface area (Å²) in [6.07, 6.45) is 4.04. The van der Waals surface area contributed by atoms with E-state index in [1.54, 1.807) is 0 Å². The molecule has 0 fully saturated rings. The maximum Gasteiger partial charge on any atom is 0.235 e. The molecule has 26 heavy (non-hydrogen) atoms. The highest BCUT2D eigenvalue weighted by molar-refractivity contribution is 8.00. The summed E-state index contributed by atoms with van der Waals surface area (Å²) in [5, 5.41) is 3.57. The smallest absolute Gasteiger partial charge is 0.235 e. The van der Waals surface area contributed by atoms with E-state index in [2.05, 4.69) is 5.32 Å². The normalized spacial score (nSPS) is 13.1. The van der Waals surface area contributed by atoms with E-state index in [0.29, 0.717) is 21.9 Å².